The van der Waals surface area contributed by atoms with Crippen molar-refractivity contribution in [2.24, 2.45) is 11.3 Å². The number of methoxy groups -OCH3 is 1. The summed E-state index contributed by atoms with van der Waals surface area (Å²) < 4.78 is 5.21. The molecule has 2 aromatic rings. The van der Waals surface area contributed by atoms with E-state index in [9.17, 15) is 20.0 Å². The summed E-state index contributed by atoms with van der Waals surface area (Å²) in [7, 11) is 1.55. The summed E-state index contributed by atoms with van der Waals surface area (Å²) in [6.07, 6.45) is 3.60. The Labute approximate surface area is 149 Å². The van der Waals surface area contributed by atoms with E-state index in [2.05, 4.69) is 4.98 Å². The van der Waals surface area contributed by atoms with Crippen molar-refractivity contribution in [2.75, 3.05) is 25.1 Å². The molecular weight excluding hydrogens is 338 g/mol. The van der Waals surface area contributed by atoms with Gasteiger partial charge in [-0.3, -0.25) is 14.9 Å². The first-order chi connectivity index (χ1) is 12.5. The van der Waals surface area contributed by atoms with E-state index in [1.165, 1.54) is 6.20 Å². The van der Waals surface area contributed by atoms with Crippen molar-refractivity contribution in [3.8, 4) is 5.75 Å². The van der Waals surface area contributed by atoms with Crippen molar-refractivity contribution in [1.82, 2.24) is 4.98 Å². The van der Waals surface area contributed by atoms with E-state index in [-0.39, 0.29) is 11.6 Å². The fourth-order valence-electron chi connectivity index (χ4n) is 4.55. The van der Waals surface area contributed by atoms with Crippen LogP contribution in [0.1, 0.15) is 19.3 Å². The molecule has 2 fully saturated rings. The average Bonchev–Trinajstić information content (AvgIpc) is 3.18. The summed E-state index contributed by atoms with van der Waals surface area (Å²) in [6, 6.07) is 5.22. The van der Waals surface area contributed by atoms with Crippen LogP contribution in [-0.4, -0.2) is 41.2 Å². The molecule has 1 saturated carbocycles. The highest BCUT2D eigenvalue weighted by Crippen LogP contribution is 2.51. The van der Waals surface area contributed by atoms with Gasteiger partial charge in [-0.1, -0.05) is 6.42 Å². The van der Waals surface area contributed by atoms with Gasteiger partial charge in [-0.05, 0) is 30.9 Å². The van der Waals surface area contributed by atoms with Crippen LogP contribution in [0.4, 0.5) is 11.4 Å². The SMILES string of the molecule is COc1ccc2c(N3C[C@@H]4CCC[C@@]4(C(=O)O)C3)c([N+](=O)[O-])cnc2c1. The number of nitro groups is 1. The summed E-state index contributed by atoms with van der Waals surface area (Å²) in [5, 5.41) is 22.1. The van der Waals surface area contributed by atoms with E-state index in [1.807, 2.05) is 4.90 Å². The number of carboxylic acids is 1. The Hall–Kier alpha value is -2.90. The molecule has 1 saturated heterocycles. The van der Waals surface area contributed by atoms with Gasteiger partial charge < -0.3 is 14.7 Å². The highest BCUT2D eigenvalue weighted by atomic mass is 16.6. The number of pyridine rings is 1. The standard InChI is InChI=1S/C18H19N3O5/c1-26-12-4-5-13-14(7-12)19-8-15(21(24)25)16(13)20-9-11-3-2-6-18(11,10-20)17(22)23/h4-5,7-8,11H,2-3,6,9-10H2,1H3,(H,22,23)/t11-,18+/m0/s1. The third-order valence-corrected chi connectivity index (χ3v) is 5.84. The maximum Gasteiger partial charge on any atom is 0.311 e. The van der Waals surface area contributed by atoms with Crippen LogP contribution in [-0.2, 0) is 4.79 Å². The Morgan fingerprint density at radius 2 is 2.31 bits per heavy atom. The van der Waals surface area contributed by atoms with Crippen LogP contribution >= 0.6 is 0 Å². The first-order valence-corrected chi connectivity index (χ1v) is 8.56. The summed E-state index contributed by atoms with van der Waals surface area (Å²) in [5.41, 5.74) is 0.142. The molecule has 1 aromatic carbocycles. The second-order valence-electron chi connectivity index (χ2n) is 7.06. The van der Waals surface area contributed by atoms with Gasteiger partial charge in [-0.15, -0.1) is 0 Å². The van der Waals surface area contributed by atoms with Crippen LogP contribution in [0.3, 0.4) is 0 Å². The van der Waals surface area contributed by atoms with Crippen LogP contribution in [0.15, 0.2) is 24.4 Å². The minimum atomic E-state index is -0.810. The lowest BCUT2D eigenvalue weighted by Gasteiger charge is -2.24. The summed E-state index contributed by atoms with van der Waals surface area (Å²) in [6.45, 7) is 0.803. The molecule has 2 aliphatic rings. The number of aliphatic carboxylic acids is 1. The van der Waals surface area contributed by atoms with Gasteiger partial charge in [0.15, 0.2) is 0 Å². The molecule has 0 radical (unpaired) electrons. The van der Waals surface area contributed by atoms with Crippen LogP contribution in [0, 0.1) is 21.4 Å². The number of hydrogen-bond acceptors (Lipinski definition) is 6. The molecule has 0 spiro atoms. The topological polar surface area (TPSA) is 106 Å². The predicted molar refractivity (Wildman–Crippen MR) is 94.6 cm³/mol. The first-order valence-electron chi connectivity index (χ1n) is 8.56. The number of hydrogen-bond donors (Lipinski definition) is 1. The lowest BCUT2D eigenvalue weighted by atomic mass is 9.81. The van der Waals surface area contributed by atoms with Crippen LogP contribution < -0.4 is 9.64 Å². The smallest absolute Gasteiger partial charge is 0.311 e. The van der Waals surface area contributed by atoms with Gasteiger partial charge in [0.05, 0.1) is 23.0 Å². The lowest BCUT2D eigenvalue weighted by Crippen LogP contribution is -2.35. The van der Waals surface area contributed by atoms with Crippen molar-refractivity contribution < 1.29 is 19.6 Å². The molecule has 2 atom stereocenters. The molecule has 8 nitrogen and oxygen atoms in total. The molecule has 136 valence electrons. The molecule has 1 aliphatic carbocycles. The normalized spacial score (nSPS) is 24.7. The largest absolute Gasteiger partial charge is 0.497 e. The molecule has 1 N–H and O–H groups in total. The van der Waals surface area contributed by atoms with Gasteiger partial charge in [-0.2, -0.15) is 0 Å². The van der Waals surface area contributed by atoms with E-state index in [0.29, 0.717) is 41.9 Å². The summed E-state index contributed by atoms with van der Waals surface area (Å²) in [5.74, 6) is -0.170. The Kier molecular flexibility index (Phi) is 3.71. The second-order valence-corrected chi connectivity index (χ2v) is 7.06. The number of benzene rings is 1. The second kappa shape index (κ2) is 5.82. The van der Waals surface area contributed by atoms with E-state index < -0.39 is 16.3 Å². The van der Waals surface area contributed by atoms with E-state index in [1.54, 1.807) is 25.3 Å². The van der Waals surface area contributed by atoms with Crippen molar-refractivity contribution in [3.05, 3.63) is 34.5 Å². The first kappa shape index (κ1) is 16.6. The number of nitrogens with zero attached hydrogens (tertiary/aromatic N) is 3. The molecule has 4 rings (SSSR count). The number of fused-ring (bicyclic) bond motifs is 2. The number of rotatable bonds is 4. The maximum absolute atomic E-state index is 12.0. The van der Waals surface area contributed by atoms with Gasteiger partial charge in [0, 0.05) is 24.5 Å². The van der Waals surface area contributed by atoms with E-state index in [0.717, 1.165) is 12.8 Å². The zero-order chi connectivity index (χ0) is 18.5. The lowest BCUT2D eigenvalue weighted by molar-refractivity contribution is -0.384. The molecule has 2 heterocycles. The van der Waals surface area contributed by atoms with E-state index >= 15 is 0 Å². The number of aromatic nitrogens is 1. The summed E-state index contributed by atoms with van der Waals surface area (Å²) in [4.78, 5) is 29.2. The highest BCUT2D eigenvalue weighted by Gasteiger charge is 2.55. The molecule has 1 aliphatic heterocycles. The summed E-state index contributed by atoms with van der Waals surface area (Å²) >= 11 is 0. The van der Waals surface area contributed by atoms with Crippen molar-refractivity contribution in [2.45, 2.75) is 19.3 Å². The maximum atomic E-state index is 12.0. The average molecular weight is 357 g/mol. The number of carbonyl (C=O) groups is 1. The third-order valence-electron chi connectivity index (χ3n) is 5.84. The fraction of sp³-hybridized carbons (Fsp3) is 0.444. The molecule has 1 aromatic heterocycles. The number of carboxylic acid groups (broad SMARTS) is 1. The van der Waals surface area contributed by atoms with Crippen molar-refractivity contribution in [3.63, 3.8) is 0 Å². The molecular formula is C18H19N3O5. The van der Waals surface area contributed by atoms with Crippen molar-refractivity contribution >= 4 is 28.2 Å². The zero-order valence-corrected chi connectivity index (χ0v) is 14.3. The quantitative estimate of drug-likeness (QED) is 0.662. The van der Waals surface area contributed by atoms with Gasteiger partial charge in [-0.25, -0.2) is 4.98 Å². The minimum Gasteiger partial charge on any atom is -0.497 e. The Morgan fingerprint density at radius 3 is 2.96 bits per heavy atom. The Bertz CT molecular complexity index is 915. The van der Waals surface area contributed by atoms with E-state index in [4.69, 9.17) is 4.74 Å². The molecule has 0 amide bonds. The highest BCUT2D eigenvalue weighted by molar-refractivity contribution is 5.97. The fourth-order valence-corrected chi connectivity index (χ4v) is 4.55. The Balaban J connectivity index is 1.86. The van der Waals surface area contributed by atoms with Crippen LogP contribution in [0.2, 0.25) is 0 Å². The van der Waals surface area contributed by atoms with Gasteiger partial charge in [0.2, 0.25) is 0 Å². The zero-order valence-electron chi connectivity index (χ0n) is 14.3. The molecule has 0 bridgehead atoms. The Morgan fingerprint density at radius 1 is 1.50 bits per heavy atom. The number of ether oxygens (including phenoxy) is 1. The molecule has 0 unspecified atom stereocenters. The number of anilines is 1. The monoisotopic (exact) mass is 357 g/mol. The van der Waals surface area contributed by atoms with Gasteiger partial charge in [0.1, 0.15) is 17.6 Å². The van der Waals surface area contributed by atoms with Gasteiger partial charge in [0.25, 0.3) is 0 Å². The van der Waals surface area contributed by atoms with Crippen LogP contribution in [0.5, 0.6) is 5.75 Å². The van der Waals surface area contributed by atoms with Gasteiger partial charge >= 0.3 is 11.7 Å². The van der Waals surface area contributed by atoms with Crippen molar-refractivity contribution in [1.29, 1.82) is 0 Å². The predicted octanol–water partition coefficient (Wildman–Crippen LogP) is 2.84. The van der Waals surface area contributed by atoms with Crippen LogP contribution in [0.25, 0.3) is 10.9 Å². The minimum absolute atomic E-state index is 0.0149. The molecule has 26 heavy (non-hydrogen) atoms. The molecule has 8 heteroatoms. The third kappa shape index (κ3) is 2.28.